The van der Waals surface area contributed by atoms with Crippen molar-refractivity contribution in [3.05, 3.63) is 65.5 Å². The van der Waals surface area contributed by atoms with E-state index in [1.54, 1.807) is 29.3 Å². The van der Waals surface area contributed by atoms with E-state index in [1.165, 1.54) is 0 Å². The van der Waals surface area contributed by atoms with Crippen LogP contribution in [0.4, 0.5) is 4.79 Å². The van der Waals surface area contributed by atoms with E-state index in [1.807, 2.05) is 45.0 Å². The largest absolute Gasteiger partial charge is 0.457 e. The maximum absolute atomic E-state index is 12.7. The molecule has 1 fully saturated rings. The third kappa shape index (κ3) is 4.01. The van der Waals surface area contributed by atoms with Crippen LogP contribution in [0.5, 0.6) is 0 Å². The quantitative estimate of drug-likeness (QED) is 0.578. The highest BCUT2D eigenvalue weighted by Crippen LogP contribution is 2.36. The molecule has 1 atom stereocenters. The number of fused-ring (bicyclic) bond motifs is 1. The van der Waals surface area contributed by atoms with E-state index in [-0.39, 0.29) is 17.9 Å². The van der Waals surface area contributed by atoms with Crippen LogP contribution in [0, 0.1) is 0 Å². The average molecular weight is 392 g/mol. The van der Waals surface area contributed by atoms with Gasteiger partial charge in [0.05, 0.1) is 6.04 Å². The molecular weight excluding hydrogens is 368 g/mol. The summed E-state index contributed by atoms with van der Waals surface area (Å²) in [5.74, 6) is 0.564. The van der Waals surface area contributed by atoms with Crippen molar-refractivity contribution < 1.29 is 18.7 Å². The van der Waals surface area contributed by atoms with Crippen LogP contribution in [-0.4, -0.2) is 33.9 Å². The normalized spacial score (nSPS) is 16.9. The molecular formula is C23H24N2O4. The number of benzene rings is 1. The number of furan rings is 1. The third-order valence-corrected chi connectivity index (χ3v) is 4.90. The van der Waals surface area contributed by atoms with E-state index in [2.05, 4.69) is 4.98 Å². The number of carbonyl (C=O) groups excluding carboxylic acids is 2. The second-order valence-electron chi connectivity index (χ2n) is 8.28. The summed E-state index contributed by atoms with van der Waals surface area (Å²) >= 11 is 0. The first-order valence-electron chi connectivity index (χ1n) is 9.81. The number of rotatable bonds is 3. The molecule has 6 nitrogen and oxygen atoms in total. The van der Waals surface area contributed by atoms with Crippen LogP contribution in [0.15, 0.2) is 53.1 Å². The molecule has 4 rings (SSSR count). The lowest BCUT2D eigenvalue weighted by atomic mass is 10.1. The number of hydrogen-bond acceptors (Lipinski definition) is 5. The molecule has 1 aliphatic heterocycles. The number of nitrogens with zero attached hydrogens (tertiary/aromatic N) is 2. The summed E-state index contributed by atoms with van der Waals surface area (Å²) < 4.78 is 11.6. The number of ketones is 1. The Morgan fingerprint density at radius 3 is 2.62 bits per heavy atom. The maximum Gasteiger partial charge on any atom is 0.410 e. The average Bonchev–Trinajstić information content (AvgIpc) is 3.32. The summed E-state index contributed by atoms with van der Waals surface area (Å²) in [6.45, 7) is 6.19. The molecule has 6 heteroatoms. The van der Waals surface area contributed by atoms with Gasteiger partial charge in [0.1, 0.15) is 16.9 Å². The molecule has 0 N–H and O–H groups in total. The predicted octanol–water partition coefficient (Wildman–Crippen LogP) is 5.13. The van der Waals surface area contributed by atoms with Gasteiger partial charge < -0.3 is 9.15 Å². The lowest BCUT2D eigenvalue weighted by Gasteiger charge is -2.27. The number of amides is 1. The fourth-order valence-corrected chi connectivity index (χ4v) is 3.58. The molecule has 0 aliphatic carbocycles. The Kier molecular flexibility index (Phi) is 4.86. The van der Waals surface area contributed by atoms with Crippen molar-refractivity contribution in [2.45, 2.75) is 45.3 Å². The van der Waals surface area contributed by atoms with Crippen molar-refractivity contribution in [2.75, 3.05) is 6.54 Å². The Hall–Kier alpha value is -3.15. The summed E-state index contributed by atoms with van der Waals surface area (Å²) in [6.07, 6.45) is 2.91. The van der Waals surface area contributed by atoms with Crippen LogP contribution in [0.1, 0.15) is 61.3 Å². The van der Waals surface area contributed by atoms with Gasteiger partial charge in [-0.25, -0.2) is 4.79 Å². The van der Waals surface area contributed by atoms with Crippen molar-refractivity contribution >= 4 is 23.0 Å². The molecule has 0 spiro atoms. The zero-order valence-corrected chi connectivity index (χ0v) is 16.8. The van der Waals surface area contributed by atoms with Gasteiger partial charge >= 0.3 is 6.09 Å². The second-order valence-corrected chi connectivity index (χ2v) is 8.28. The van der Waals surface area contributed by atoms with Crippen LogP contribution in [0.2, 0.25) is 0 Å². The summed E-state index contributed by atoms with van der Waals surface area (Å²) in [5.41, 5.74) is 1.73. The molecule has 1 aliphatic rings. The first-order chi connectivity index (χ1) is 13.8. The number of hydrogen-bond donors (Lipinski definition) is 0. The zero-order chi connectivity index (χ0) is 20.6. The lowest BCUT2D eigenvalue weighted by Crippen LogP contribution is -2.36. The van der Waals surface area contributed by atoms with Crippen LogP contribution in [0.25, 0.3) is 11.1 Å². The summed E-state index contributed by atoms with van der Waals surface area (Å²) in [5, 5.41) is 0. The van der Waals surface area contributed by atoms with Crippen LogP contribution < -0.4 is 0 Å². The molecule has 1 amide bonds. The number of carbonyl (C=O) groups is 2. The van der Waals surface area contributed by atoms with Gasteiger partial charge in [-0.2, -0.15) is 0 Å². The summed E-state index contributed by atoms with van der Waals surface area (Å²) in [6, 6.07) is 12.5. The molecule has 0 radical (unpaired) electrons. The highest BCUT2D eigenvalue weighted by Gasteiger charge is 2.35. The van der Waals surface area contributed by atoms with Gasteiger partial charge in [0.2, 0.25) is 0 Å². The number of ether oxygens (including phenoxy) is 1. The van der Waals surface area contributed by atoms with E-state index >= 15 is 0 Å². The van der Waals surface area contributed by atoms with Crippen LogP contribution in [0.3, 0.4) is 0 Å². The molecule has 3 aromatic rings. The van der Waals surface area contributed by atoms with Crippen molar-refractivity contribution in [1.29, 1.82) is 0 Å². The van der Waals surface area contributed by atoms with Gasteiger partial charge in [0, 0.05) is 29.9 Å². The zero-order valence-electron chi connectivity index (χ0n) is 16.8. The number of aromatic nitrogens is 1. The molecule has 150 valence electrons. The van der Waals surface area contributed by atoms with Gasteiger partial charge in [-0.15, -0.1) is 0 Å². The topological polar surface area (TPSA) is 72.6 Å². The third-order valence-electron chi connectivity index (χ3n) is 4.90. The van der Waals surface area contributed by atoms with Gasteiger partial charge in [0.25, 0.3) is 0 Å². The molecule has 1 saturated heterocycles. The van der Waals surface area contributed by atoms with Crippen molar-refractivity contribution in [2.24, 2.45) is 0 Å². The van der Waals surface area contributed by atoms with Crippen LogP contribution >= 0.6 is 0 Å². The number of likely N-dealkylation sites (tertiary alicyclic amines) is 1. The minimum Gasteiger partial charge on any atom is -0.457 e. The lowest BCUT2D eigenvalue weighted by molar-refractivity contribution is 0.0209. The molecule has 0 bridgehead atoms. The predicted molar refractivity (Wildman–Crippen MR) is 109 cm³/mol. The fourth-order valence-electron chi connectivity index (χ4n) is 3.58. The molecule has 0 unspecified atom stereocenters. The first-order valence-corrected chi connectivity index (χ1v) is 9.81. The second kappa shape index (κ2) is 7.35. The highest BCUT2D eigenvalue weighted by atomic mass is 16.6. The summed E-state index contributed by atoms with van der Waals surface area (Å²) in [7, 11) is 0. The standard InChI is InChI=1S/C23H24N2O4/c1-23(2,3)29-22(27)25-11-7-10-18(25)20-13-17-19(28-20)12-16(14-24-17)21(26)15-8-5-4-6-9-15/h4-6,8-9,12-14,18H,7,10-11H2,1-3H3/t18-/m1/s1. The van der Waals surface area contributed by atoms with Gasteiger partial charge in [0.15, 0.2) is 11.4 Å². The van der Waals surface area contributed by atoms with Crippen molar-refractivity contribution in [3.63, 3.8) is 0 Å². The van der Waals surface area contributed by atoms with E-state index in [0.29, 0.717) is 34.5 Å². The van der Waals surface area contributed by atoms with Crippen molar-refractivity contribution in [1.82, 2.24) is 9.88 Å². The molecule has 0 saturated carbocycles. The Morgan fingerprint density at radius 2 is 1.90 bits per heavy atom. The van der Waals surface area contributed by atoms with Gasteiger partial charge in [-0.1, -0.05) is 30.3 Å². The Bertz CT molecular complexity index is 1050. The SMILES string of the molecule is CC(C)(C)OC(=O)N1CCC[C@@H]1c1cc2ncc(C(=O)c3ccccc3)cc2o1. The smallest absolute Gasteiger partial charge is 0.410 e. The summed E-state index contributed by atoms with van der Waals surface area (Å²) in [4.78, 5) is 31.3. The monoisotopic (exact) mass is 392 g/mol. The van der Waals surface area contributed by atoms with Gasteiger partial charge in [-0.05, 0) is 39.7 Å². The highest BCUT2D eigenvalue weighted by molar-refractivity contribution is 6.09. The maximum atomic E-state index is 12.7. The number of pyridine rings is 1. The van der Waals surface area contributed by atoms with Gasteiger partial charge in [-0.3, -0.25) is 14.7 Å². The van der Waals surface area contributed by atoms with E-state index < -0.39 is 5.60 Å². The van der Waals surface area contributed by atoms with E-state index in [0.717, 1.165) is 12.8 Å². The van der Waals surface area contributed by atoms with E-state index in [9.17, 15) is 9.59 Å². The molecule has 3 heterocycles. The molecule has 29 heavy (non-hydrogen) atoms. The van der Waals surface area contributed by atoms with E-state index in [4.69, 9.17) is 9.15 Å². The fraction of sp³-hybridized carbons (Fsp3) is 0.348. The molecule has 2 aromatic heterocycles. The minimum atomic E-state index is -0.549. The van der Waals surface area contributed by atoms with Crippen LogP contribution in [-0.2, 0) is 4.74 Å². The first kappa shape index (κ1) is 19.2. The van der Waals surface area contributed by atoms with Crippen molar-refractivity contribution in [3.8, 4) is 0 Å². The minimum absolute atomic E-state index is 0.103. The Morgan fingerprint density at radius 1 is 1.14 bits per heavy atom. The molecule has 1 aromatic carbocycles. The Labute approximate surface area is 169 Å². The Balaban J connectivity index is 1.60.